The van der Waals surface area contributed by atoms with E-state index in [0.29, 0.717) is 6.54 Å². The lowest BCUT2D eigenvalue weighted by atomic mass is 9.91. The Bertz CT molecular complexity index is 427. The molecule has 0 aliphatic heterocycles. The van der Waals surface area contributed by atoms with Crippen molar-refractivity contribution in [3.05, 3.63) is 35.4 Å². The predicted octanol–water partition coefficient (Wildman–Crippen LogP) is 2.41. The minimum absolute atomic E-state index is 0.125. The fraction of sp³-hybridized carbons (Fsp3) is 0.562. The highest BCUT2D eigenvalue weighted by Crippen LogP contribution is 2.22. The highest BCUT2D eigenvalue weighted by atomic mass is 16.3. The largest absolute Gasteiger partial charge is 0.391 e. The number of Topliss-reactive ketones (excluding diaryl/α,β-unsaturated/α-hetero) is 1. The van der Waals surface area contributed by atoms with E-state index in [0.717, 1.165) is 36.8 Å². The number of hydrogen-bond acceptors (Lipinski definition) is 3. The van der Waals surface area contributed by atoms with Crippen molar-refractivity contribution in [1.29, 1.82) is 0 Å². The van der Waals surface area contributed by atoms with E-state index in [2.05, 4.69) is 0 Å². The van der Waals surface area contributed by atoms with E-state index in [1.54, 1.807) is 0 Å². The van der Waals surface area contributed by atoms with E-state index in [-0.39, 0.29) is 17.9 Å². The average molecular weight is 261 g/mol. The van der Waals surface area contributed by atoms with Gasteiger partial charge in [0.2, 0.25) is 0 Å². The number of hydrogen-bond donors (Lipinski definition) is 1. The Balaban J connectivity index is 1.96. The summed E-state index contributed by atoms with van der Waals surface area (Å²) in [7, 11) is 1.94. The normalized spacial score (nSPS) is 23.6. The van der Waals surface area contributed by atoms with Crippen LogP contribution in [0.2, 0.25) is 0 Å². The van der Waals surface area contributed by atoms with E-state index in [9.17, 15) is 9.90 Å². The molecule has 0 spiro atoms. The summed E-state index contributed by atoms with van der Waals surface area (Å²) in [4.78, 5) is 14.2. The second-order valence-corrected chi connectivity index (χ2v) is 5.62. The Morgan fingerprint density at radius 3 is 2.53 bits per heavy atom. The molecule has 1 aromatic rings. The molecule has 2 unspecified atom stereocenters. The molecule has 3 heteroatoms. The van der Waals surface area contributed by atoms with Crippen LogP contribution in [0.25, 0.3) is 0 Å². The fourth-order valence-corrected chi connectivity index (χ4v) is 2.78. The summed E-state index contributed by atoms with van der Waals surface area (Å²) in [5.74, 6) is 0.125. The van der Waals surface area contributed by atoms with Crippen molar-refractivity contribution in [1.82, 2.24) is 4.90 Å². The van der Waals surface area contributed by atoms with Gasteiger partial charge in [0.1, 0.15) is 0 Å². The lowest BCUT2D eigenvalue weighted by Gasteiger charge is -2.34. The first-order chi connectivity index (χ1) is 9.08. The zero-order valence-electron chi connectivity index (χ0n) is 11.8. The molecule has 2 rings (SSSR count). The Hall–Kier alpha value is -1.19. The summed E-state index contributed by atoms with van der Waals surface area (Å²) in [5.41, 5.74) is 1.91. The van der Waals surface area contributed by atoms with Gasteiger partial charge in [0.05, 0.1) is 12.6 Å². The first kappa shape index (κ1) is 14.2. The Labute approximate surface area is 115 Å². The molecule has 2 atom stereocenters. The van der Waals surface area contributed by atoms with Gasteiger partial charge in [0.25, 0.3) is 0 Å². The molecule has 0 saturated heterocycles. The maximum atomic E-state index is 12.2. The van der Waals surface area contributed by atoms with Crippen molar-refractivity contribution in [2.24, 2.45) is 0 Å². The van der Waals surface area contributed by atoms with Crippen molar-refractivity contribution >= 4 is 5.78 Å². The summed E-state index contributed by atoms with van der Waals surface area (Å²) in [5, 5.41) is 10.0. The molecular weight excluding hydrogens is 238 g/mol. The van der Waals surface area contributed by atoms with Crippen molar-refractivity contribution < 1.29 is 9.90 Å². The molecule has 0 amide bonds. The Morgan fingerprint density at radius 2 is 1.89 bits per heavy atom. The number of aliphatic hydroxyl groups is 1. The number of nitrogens with zero attached hydrogens (tertiary/aromatic N) is 1. The summed E-state index contributed by atoms with van der Waals surface area (Å²) < 4.78 is 0. The topological polar surface area (TPSA) is 40.5 Å². The highest BCUT2D eigenvalue weighted by Gasteiger charge is 2.27. The second-order valence-electron chi connectivity index (χ2n) is 5.62. The van der Waals surface area contributed by atoms with Gasteiger partial charge in [-0.3, -0.25) is 9.69 Å². The fourth-order valence-electron chi connectivity index (χ4n) is 2.78. The van der Waals surface area contributed by atoms with Crippen LogP contribution in [0, 0.1) is 6.92 Å². The zero-order valence-corrected chi connectivity index (χ0v) is 11.8. The van der Waals surface area contributed by atoms with Crippen molar-refractivity contribution in [2.75, 3.05) is 13.6 Å². The standard InChI is InChI=1S/C16H23NO2/c1-12-7-9-13(10-8-12)16(19)11-17(2)14-5-3-4-6-15(14)18/h7-10,14-15,18H,3-6,11H2,1-2H3. The second kappa shape index (κ2) is 6.31. The molecule has 0 radical (unpaired) electrons. The molecule has 104 valence electrons. The molecule has 1 aliphatic carbocycles. The molecule has 0 heterocycles. The maximum absolute atomic E-state index is 12.2. The maximum Gasteiger partial charge on any atom is 0.176 e. The number of likely N-dealkylation sites (N-methyl/N-ethyl adjacent to an activating group) is 1. The smallest absolute Gasteiger partial charge is 0.176 e. The summed E-state index contributed by atoms with van der Waals surface area (Å²) in [6, 6.07) is 7.81. The lowest BCUT2D eigenvalue weighted by molar-refractivity contribution is 0.0322. The van der Waals surface area contributed by atoms with Crippen LogP contribution in [0.5, 0.6) is 0 Å². The number of carbonyl (C=O) groups is 1. The number of benzene rings is 1. The average Bonchev–Trinajstić information content (AvgIpc) is 2.39. The van der Waals surface area contributed by atoms with Crippen LogP contribution in [0.15, 0.2) is 24.3 Å². The van der Waals surface area contributed by atoms with Crippen molar-refractivity contribution in [3.63, 3.8) is 0 Å². The number of carbonyl (C=O) groups excluding carboxylic acids is 1. The quantitative estimate of drug-likeness (QED) is 0.846. The summed E-state index contributed by atoms with van der Waals surface area (Å²) in [6.07, 6.45) is 3.79. The third-order valence-electron chi connectivity index (χ3n) is 4.03. The van der Waals surface area contributed by atoms with Gasteiger partial charge < -0.3 is 5.11 Å². The van der Waals surface area contributed by atoms with Crippen LogP contribution < -0.4 is 0 Å². The van der Waals surface area contributed by atoms with Gasteiger partial charge in [-0.1, -0.05) is 42.7 Å². The number of ketones is 1. The molecule has 1 aliphatic rings. The minimum Gasteiger partial charge on any atom is -0.391 e. The molecule has 1 aromatic carbocycles. The van der Waals surface area contributed by atoms with Crippen molar-refractivity contribution in [3.8, 4) is 0 Å². The third kappa shape index (κ3) is 3.64. The van der Waals surface area contributed by atoms with Gasteiger partial charge in [-0.25, -0.2) is 0 Å². The van der Waals surface area contributed by atoms with E-state index < -0.39 is 0 Å². The van der Waals surface area contributed by atoms with E-state index in [4.69, 9.17) is 0 Å². The first-order valence-electron chi connectivity index (χ1n) is 7.06. The number of aliphatic hydroxyl groups excluding tert-OH is 1. The van der Waals surface area contributed by atoms with Crippen LogP contribution in [-0.4, -0.2) is 41.5 Å². The van der Waals surface area contributed by atoms with Crippen LogP contribution in [0.3, 0.4) is 0 Å². The third-order valence-corrected chi connectivity index (χ3v) is 4.03. The molecule has 3 nitrogen and oxygen atoms in total. The monoisotopic (exact) mass is 261 g/mol. The van der Waals surface area contributed by atoms with Gasteiger partial charge >= 0.3 is 0 Å². The minimum atomic E-state index is -0.287. The van der Waals surface area contributed by atoms with Gasteiger partial charge in [-0.15, -0.1) is 0 Å². The van der Waals surface area contributed by atoms with Gasteiger partial charge in [0.15, 0.2) is 5.78 Å². The van der Waals surface area contributed by atoms with Gasteiger partial charge in [-0.2, -0.15) is 0 Å². The van der Waals surface area contributed by atoms with Crippen LogP contribution in [-0.2, 0) is 0 Å². The Kier molecular flexibility index (Phi) is 4.72. The van der Waals surface area contributed by atoms with E-state index in [1.807, 2.05) is 43.1 Å². The van der Waals surface area contributed by atoms with Crippen molar-refractivity contribution in [2.45, 2.75) is 44.8 Å². The summed E-state index contributed by atoms with van der Waals surface area (Å²) >= 11 is 0. The first-order valence-corrected chi connectivity index (χ1v) is 7.06. The zero-order chi connectivity index (χ0) is 13.8. The summed E-state index contributed by atoms with van der Waals surface area (Å²) in [6.45, 7) is 2.39. The molecule has 0 bridgehead atoms. The predicted molar refractivity (Wildman–Crippen MR) is 76.4 cm³/mol. The molecule has 1 N–H and O–H groups in total. The number of rotatable bonds is 4. The van der Waals surface area contributed by atoms with Crippen LogP contribution >= 0.6 is 0 Å². The number of aryl methyl sites for hydroxylation is 1. The Morgan fingerprint density at radius 1 is 1.26 bits per heavy atom. The van der Waals surface area contributed by atoms with Crippen LogP contribution in [0.4, 0.5) is 0 Å². The van der Waals surface area contributed by atoms with Gasteiger partial charge in [-0.05, 0) is 26.8 Å². The molecule has 1 fully saturated rings. The molecule has 1 saturated carbocycles. The molecule has 19 heavy (non-hydrogen) atoms. The lowest BCUT2D eigenvalue weighted by Crippen LogP contribution is -2.45. The molecular formula is C16H23NO2. The van der Waals surface area contributed by atoms with E-state index >= 15 is 0 Å². The molecule has 0 aromatic heterocycles. The van der Waals surface area contributed by atoms with E-state index in [1.165, 1.54) is 0 Å². The van der Waals surface area contributed by atoms with Crippen LogP contribution in [0.1, 0.15) is 41.6 Å². The highest BCUT2D eigenvalue weighted by molar-refractivity contribution is 5.97. The van der Waals surface area contributed by atoms with Gasteiger partial charge in [0, 0.05) is 11.6 Å². The SMILES string of the molecule is Cc1ccc(C(=O)CN(C)C2CCCCC2O)cc1.